The molecule has 3 heterocycles. The van der Waals surface area contributed by atoms with E-state index in [4.69, 9.17) is 15.2 Å². The van der Waals surface area contributed by atoms with Gasteiger partial charge >= 0.3 is 0 Å². The third-order valence-corrected chi connectivity index (χ3v) is 5.60. The standard InChI is InChI=1S/C23H29N7O3/c1-3-19(31)29-11-4-6-17(14-29)30-15-25-20-21(24)27-23(28-22(20)30)26-16-7-9-18(10-8-16)33-13-5-12-32-2/h3,7-10,15,17H,1,4-6,11-14H2,2H3,(H3,24,26,27,28). The first-order valence-corrected chi connectivity index (χ1v) is 11.0. The van der Waals surface area contributed by atoms with Crippen LogP contribution in [-0.4, -0.2) is 63.7 Å². The maximum atomic E-state index is 12.1. The molecule has 0 bridgehead atoms. The molecule has 3 aromatic rings. The number of ether oxygens (including phenoxy) is 2. The summed E-state index contributed by atoms with van der Waals surface area (Å²) < 4.78 is 12.7. The molecule has 1 atom stereocenters. The Hall–Kier alpha value is -3.66. The number of hydrogen-bond acceptors (Lipinski definition) is 8. The van der Waals surface area contributed by atoms with Crippen LogP contribution >= 0.6 is 0 Å². The molecule has 1 fully saturated rings. The minimum absolute atomic E-state index is 0.0596. The molecule has 0 saturated carbocycles. The van der Waals surface area contributed by atoms with Crippen LogP contribution in [0.2, 0.25) is 0 Å². The Balaban J connectivity index is 1.50. The molecule has 174 valence electrons. The zero-order valence-corrected chi connectivity index (χ0v) is 18.7. The van der Waals surface area contributed by atoms with E-state index in [1.165, 1.54) is 6.08 Å². The van der Waals surface area contributed by atoms with Gasteiger partial charge in [-0.25, -0.2) is 4.98 Å². The van der Waals surface area contributed by atoms with Crippen molar-refractivity contribution in [3.63, 3.8) is 0 Å². The summed E-state index contributed by atoms with van der Waals surface area (Å²) >= 11 is 0. The Bertz CT molecular complexity index is 1110. The Morgan fingerprint density at radius 1 is 1.30 bits per heavy atom. The molecule has 0 radical (unpaired) electrons. The van der Waals surface area contributed by atoms with E-state index in [9.17, 15) is 4.79 Å². The second-order valence-electron chi connectivity index (χ2n) is 7.89. The van der Waals surface area contributed by atoms with Crippen LogP contribution in [0, 0.1) is 0 Å². The first-order chi connectivity index (χ1) is 16.1. The topological polar surface area (TPSA) is 120 Å². The van der Waals surface area contributed by atoms with E-state index in [-0.39, 0.29) is 11.9 Å². The van der Waals surface area contributed by atoms with Crippen LogP contribution in [0.4, 0.5) is 17.5 Å². The molecule has 4 rings (SSSR count). The number of amides is 1. The zero-order chi connectivity index (χ0) is 23.2. The van der Waals surface area contributed by atoms with E-state index in [0.717, 1.165) is 37.2 Å². The Morgan fingerprint density at radius 2 is 2.12 bits per heavy atom. The summed E-state index contributed by atoms with van der Waals surface area (Å²) in [6.07, 6.45) is 5.73. The highest BCUT2D eigenvalue weighted by Crippen LogP contribution is 2.28. The fraction of sp³-hybridized carbons (Fsp3) is 0.391. The number of carbonyl (C=O) groups is 1. The molecular formula is C23H29N7O3. The van der Waals surface area contributed by atoms with Gasteiger partial charge in [-0.2, -0.15) is 9.97 Å². The van der Waals surface area contributed by atoms with Gasteiger partial charge in [0.15, 0.2) is 11.5 Å². The lowest BCUT2D eigenvalue weighted by molar-refractivity contribution is -0.127. The van der Waals surface area contributed by atoms with Crippen molar-refractivity contribution in [1.82, 2.24) is 24.4 Å². The highest BCUT2D eigenvalue weighted by Gasteiger charge is 2.25. The largest absolute Gasteiger partial charge is 0.494 e. The van der Waals surface area contributed by atoms with Crippen molar-refractivity contribution in [2.75, 3.05) is 44.5 Å². The van der Waals surface area contributed by atoms with E-state index in [1.54, 1.807) is 18.3 Å². The zero-order valence-electron chi connectivity index (χ0n) is 18.7. The summed E-state index contributed by atoms with van der Waals surface area (Å²) in [5.41, 5.74) is 8.18. The predicted molar refractivity (Wildman–Crippen MR) is 126 cm³/mol. The molecular weight excluding hydrogens is 422 g/mol. The summed E-state index contributed by atoms with van der Waals surface area (Å²) in [6.45, 7) is 6.16. The van der Waals surface area contributed by atoms with Crippen LogP contribution < -0.4 is 15.8 Å². The minimum Gasteiger partial charge on any atom is -0.494 e. The monoisotopic (exact) mass is 451 g/mol. The Morgan fingerprint density at radius 3 is 2.88 bits per heavy atom. The fourth-order valence-electron chi connectivity index (χ4n) is 3.93. The van der Waals surface area contributed by atoms with Crippen molar-refractivity contribution in [2.45, 2.75) is 25.3 Å². The van der Waals surface area contributed by atoms with Gasteiger partial charge in [-0.05, 0) is 43.2 Å². The SMILES string of the molecule is C=CC(=O)N1CCCC(n2cnc3c(N)nc(Nc4ccc(OCCCOC)cc4)nc32)C1. The van der Waals surface area contributed by atoms with Gasteiger partial charge in [0.2, 0.25) is 11.9 Å². The van der Waals surface area contributed by atoms with Crippen LogP contribution in [0.3, 0.4) is 0 Å². The number of rotatable bonds is 9. The quantitative estimate of drug-likeness (QED) is 0.376. The maximum absolute atomic E-state index is 12.1. The second-order valence-corrected chi connectivity index (χ2v) is 7.89. The minimum atomic E-state index is -0.0632. The summed E-state index contributed by atoms with van der Waals surface area (Å²) in [6, 6.07) is 7.62. The van der Waals surface area contributed by atoms with Gasteiger partial charge in [0, 0.05) is 38.9 Å². The molecule has 1 unspecified atom stereocenters. The van der Waals surface area contributed by atoms with Crippen LogP contribution in [-0.2, 0) is 9.53 Å². The average molecular weight is 452 g/mol. The van der Waals surface area contributed by atoms with Crippen LogP contribution in [0.15, 0.2) is 43.2 Å². The van der Waals surface area contributed by atoms with Crippen molar-refractivity contribution >= 4 is 34.5 Å². The molecule has 1 aliphatic heterocycles. The van der Waals surface area contributed by atoms with Gasteiger partial charge in [-0.3, -0.25) is 4.79 Å². The van der Waals surface area contributed by atoms with Gasteiger partial charge in [-0.1, -0.05) is 6.58 Å². The first-order valence-electron chi connectivity index (χ1n) is 11.0. The number of carbonyl (C=O) groups excluding carboxylic acids is 1. The molecule has 2 aromatic heterocycles. The number of benzene rings is 1. The van der Waals surface area contributed by atoms with Gasteiger partial charge in [0.05, 0.1) is 19.0 Å². The van der Waals surface area contributed by atoms with Crippen LogP contribution in [0.1, 0.15) is 25.3 Å². The van der Waals surface area contributed by atoms with Gasteiger partial charge in [0.1, 0.15) is 11.3 Å². The summed E-state index contributed by atoms with van der Waals surface area (Å²) in [4.78, 5) is 27.3. The number of nitrogens with two attached hydrogens (primary N) is 1. The molecule has 1 amide bonds. The van der Waals surface area contributed by atoms with Crippen molar-refractivity contribution in [3.8, 4) is 5.75 Å². The molecule has 10 heteroatoms. The van der Waals surface area contributed by atoms with E-state index in [2.05, 4.69) is 26.8 Å². The molecule has 0 spiro atoms. The lowest BCUT2D eigenvalue weighted by atomic mass is 10.1. The number of fused-ring (bicyclic) bond motifs is 1. The van der Waals surface area contributed by atoms with Crippen LogP contribution in [0.5, 0.6) is 5.75 Å². The van der Waals surface area contributed by atoms with Gasteiger partial charge in [0.25, 0.3) is 0 Å². The van der Waals surface area contributed by atoms with Crippen molar-refractivity contribution < 1.29 is 14.3 Å². The number of methoxy groups -OCH3 is 1. The smallest absolute Gasteiger partial charge is 0.246 e. The Labute approximate surface area is 192 Å². The van der Waals surface area contributed by atoms with Gasteiger partial charge < -0.3 is 30.0 Å². The van der Waals surface area contributed by atoms with E-state index in [1.807, 2.05) is 28.8 Å². The number of anilines is 3. The summed E-state index contributed by atoms with van der Waals surface area (Å²) in [5.74, 6) is 1.40. The predicted octanol–water partition coefficient (Wildman–Crippen LogP) is 2.92. The van der Waals surface area contributed by atoms with Gasteiger partial charge in [-0.15, -0.1) is 0 Å². The number of likely N-dealkylation sites (tertiary alicyclic amines) is 1. The summed E-state index contributed by atoms with van der Waals surface area (Å²) in [5, 5.41) is 3.20. The molecule has 33 heavy (non-hydrogen) atoms. The summed E-state index contributed by atoms with van der Waals surface area (Å²) in [7, 11) is 1.67. The number of nitrogens with one attached hydrogen (secondary N) is 1. The lowest BCUT2D eigenvalue weighted by Gasteiger charge is -2.32. The third-order valence-electron chi connectivity index (χ3n) is 5.60. The molecule has 1 saturated heterocycles. The van der Waals surface area contributed by atoms with Crippen LogP contribution in [0.25, 0.3) is 11.2 Å². The fourth-order valence-corrected chi connectivity index (χ4v) is 3.93. The highest BCUT2D eigenvalue weighted by molar-refractivity contribution is 5.87. The van der Waals surface area contributed by atoms with E-state index < -0.39 is 0 Å². The third kappa shape index (κ3) is 5.23. The molecule has 1 aromatic carbocycles. The van der Waals surface area contributed by atoms with Crippen molar-refractivity contribution in [1.29, 1.82) is 0 Å². The highest BCUT2D eigenvalue weighted by atomic mass is 16.5. The maximum Gasteiger partial charge on any atom is 0.246 e. The average Bonchev–Trinajstić information content (AvgIpc) is 3.27. The number of piperidine rings is 1. The normalized spacial score (nSPS) is 16.0. The number of nitrogens with zero attached hydrogens (tertiary/aromatic N) is 5. The molecule has 3 N–H and O–H groups in total. The molecule has 10 nitrogen and oxygen atoms in total. The number of hydrogen-bond donors (Lipinski definition) is 2. The number of nitrogen functional groups attached to an aromatic ring is 1. The molecule has 0 aliphatic carbocycles. The second kappa shape index (κ2) is 10.3. The lowest BCUT2D eigenvalue weighted by Crippen LogP contribution is -2.39. The van der Waals surface area contributed by atoms with E-state index >= 15 is 0 Å². The first kappa shape index (κ1) is 22.5. The Kier molecular flexibility index (Phi) is 7.04. The number of imidazole rings is 1. The molecule has 1 aliphatic rings. The van der Waals surface area contributed by atoms with Crippen molar-refractivity contribution in [3.05, 3.63) is 43.2 Å². The number of aromatic nitrogens is 4. The van der Waals surface area contributed by atoms with Crippen molar-refractivity contribution in [2.24, 2.45) is 0 Å². The van der Waals surface area contributed by atoms with E-state index in [0.29, 0.717) is 42.7 Å².